The van der Waals surface area contributed by atoms with E-state index in [2.05, 4.69) is 15.6 Å². The minimum Gasteiger partial charge on any atom is -0.508 e. The summed E-state index contributed by atoms with van der Waals surface area (Å²) in [6, 6.07) is 8.45. The largest absolute Gasteiger partial charge is 0.508 e. The maximum atomic E-state index is 13.3. The van der Waals surface area contributed by atoms with Crippen molar-refractivity contribution in [3.63, 3.8) is 0 Å². The number of hydrogen-bond donors (Lipinski definition) is 8. The predicted octanol–water partition coefficient (Wildman–Crippen LogP) is 3.96. The van der Waals surface area contributed by atoms with Gasteiger partial charge in [-0.2, -0.15) is 0 Å². The van der Waals surface area contributed by atoms with Crippen molar-refractivity contribution in [3.8, 4) is 57.3 Å². The molecule has 0 bridgehead atoms. The van der Waals surface area contributed by atoms with Crippen LogP contribution in [0.25, 0.3) is 28.4 Å². The lowest BCUT2D eigenvalue weighted by Crippen LogP contribution is -2.20. The van der Waals surface area contributed by atoms with Gasteiger partial charge >= 0.3 is 0 Å². The fourth-order valence-corrected chi connectivity index (χ4v) is 4.79. The van der Waals surface area contributed by atoms with Crippen molar-refractivity contribution in [2.75, 3.05) is 6.61 Å². The maximum Gasteiger partial charge on any atom is 0.244 e. The molecule has 3 aromatic carbocycles. The number of amides is 1. The van der Waals surface area contributed by atoms with Gasteiger partial charge in [0.2, 0.25) is 17.1 Å². The third-order valence-electron chi connectivity index (χ3n) is 7.23. The van der Waals surface area contributed by atoms with Crippen LogP contribution in [-0.2, 0) is 17.9 Å². The summed E-state index contributed by atoms with van der Waals surface area (Å²) in [6.07, 6.45) is 7.32. The molecular formula is C33H32N4O11. The molecule has 0 aliphatic carbocycles. The van der Waals surface area contributed by atoms with Gasteiger partial charge in [0.15, 0.2) is 45.8 Å². The van der Waals surface area contributed by atoms with Crippen LogP contribution in [0.4, 0.5) is 0 Å². The van der Waals surface area contributed by atoms with Crippen molar-refractivity contribution < 1.29 is 49.7 Å². The topological polar surface area (TPSA) is 241 Å². The van der Waals surface area contributed by atoms with Crippen molar-refractivity contribution >= 4 is 23.0 Å². The number of carbonyl (C=O) groups is 1. The average Bonchev–Trinajstić information content (AvgIpc) is 3.51. The Bertz CT molecular complexity index is 2030. The first-order chi connectivity index (χ1) is 23.0. The molecule has 2 heterocycles. The van der Waals surface area contributed by atoms with E-state index >= 15 is 0 Å². The van der Waals surface area contributed by atoms with Crippen molar-refractivity contribution in [3.05, 3.63) is 76.2 Å². The number of benzene rings is 3. The van der Waals surface area contributed by atoms with Gasteiger partial charge in [-0.05, 0) is 61.2 Å². The normalized spacial score (nSPS) is 11.3. The number of ether oxygens (including phenoxy) is 1. The number of aryl methyl sites for hydroxylation is 1. The number of nitrogens with zero attached hydrogens (tertiary/aromatic N) is 3. The van der Waals surface area contributed by atoms with Crippen LogP contribution in [0.15, 0.2) is 63.9 Å². The summed E-state index contributed by atoms with van der Waals surface area (Å²) >= 11 is 0. The van der Waals surface area contributed by atoms with E-state index in [1.807, 2.05) is 0 Å². The molecule has 1 amide bonds. The van der Waals surface area contributed by atoms with E-state index in [0.29, 0.717) is 24.2 Å². The second-order valence-electron chi connectivity index (χ2n) is 10.8. The molecule has 15 heteroatoms. The molecule has 0 aliphatic rings. The fourth-order valence-electron chi connectivity index (χ4n) is 4.79. The molecule has 0 radical (unpaired) electrons. The van der Waals surface area contributed by atoms with E-state index < -0.39 is 28.4 Å². The minimum atomic E-state index is -0.759. The highest BCUT2D eigenvalue weighted by atomic mass is 16.5. The van der Waals surface area contributed by atoms with Gasteiger partial charge in [0.25, 0.3) is 0 Å². The average molecular weight is 661 g/mol. The Labute approximate surface area is 271 Å². The predicted molar refractivity (Wildman–Crippen MR) is 171 cm³/mol. The highest BCUT2D eigenvalue weighted by Crippen LogP contribution is 2.42. The van der Waals surface area contributed by atoms with Crippen molar-refractivity contribution in [2.24, 2.45) is 0 Å². The van der Waals surface area contributed by atoms with E-state index in [1.165, 1.54) is 24.3 Å². The lowest BCUT2D eigenvalue weighted by molar-refractivity contribution is -0.116. The van der Waals surface area contributed by atoms with Gasteiger partial charge < -0.3 is 50.2 Å². The molecular weight excluding hydrogens is 628 g/mol. The first-order valence-corrected chi connectivity index (χ1v) is 14.8. The summed E-state index contributed by atoms with van der Waals surface area (Å²) < 4.78 is 13.2. The third kappa shape index (κ3) is 7.70. The number of aromatic hydroxyl groups is 7. The smallest absolute Gasteiger partial charge is 0.244 e. The van der Waals surface area contributed by atoms with E-state index in [9.17, 15) is 45.3 Å². The molecule has 0 saturated carbocycles. The molecule has 0 fully saturated rings. The van der Waals surface area contributed by atoms with Crippen LogP contribution in [0.2, 0.25) is 0 Å². The number of hydrogen-bond acceptors (Lipinski definition) is 13. The van der Waals surface area contributed by atoms with Gasteiger partial charge in [-0.1, -0.05) is 17.7 Å². The van der Waals surface area contributed by atoms with Crippen molar-refractivity contribution in [2.45, 2.75) is 38.8 Å². The maximum absolute atomic E-state index is 13.3. The lowest BCUT2D eigenvalue weighted by Gasteiger charge is -2.13. The number of fused-ring (bicyclic) bond motifs is 1. The summed E-state index contributed by atoms with van der Waals surface area (Å²) in [6.45, 7) is 0.833. The Hall–Kier alpha value is -6.38. The Balaban J connectivity index is 1.11. The Morgan fingerprint density at radius 3 is 2.38 bits per heavy atom. The fraction of sp³-hybridized carbons (Fsp3) is 0.212. The molecule has 15 nitrogen and oxygen atoms in total. The summed E-state index contributed by atoms with van der Waals surface area (Å²) in [4.78, 5) is 25.5. The molecule has 0 saturated heterocycles. The Morgan fingerprint density at radius 2 is 1.62 bits per heavy atom. The van der Waals surface area contributed by atoms with Crippen LogP contribution in [0.3, 0.4) is 0 Å². The van der Waals surface area contributed by atoms with Gasteiger partial charge in [-0.15, -0.1) is 5.10 Å². The minimum absolute atomic E-state index is 0.00253. The Kier molecular flexibility index (Phi) is 9.88. The Morgan fingerprint density at radius 1 is 0.875 bits per heavy atom. The first kappa shape index (κ1) is 33.0. The van der Waals surface area contributed by atoms with Crippen LogP contribution in [0.5, 0.6) is 46.0 Å². The van der Waals surface area contributed by atoms with Crippen LogP contribution < -0.4 is 15.5 Å². The molecule has 0 atom stereocenters. The van der Waals surface area contributed by atoms with Gasteiger partial charge in [0, 0.05) is 24.3 Å². The lowest BCUT2D eigenvalue weighted by atomic mass is 10.1. The zero-order chi connectivity index (χ0) is 34.4. The van der Waals surface area contributed by atoms with E-state index in [0.717, 1.165) is 43.5 Å². The van der Waals surface area contributed by atoms with Crippen LogP contribution >= 0.6 is 0 Å². The molecule has 250 valence electrons. The molecule has 2 aromatic heterocycles. The molecule has 48 heavy (non-hydrogen) atoms. The number of phenolic OH excluding ortho intramolecular Hbond substituents is 7. The SMILES string of the molecule is O=C(/C=C/c1ccc(O)c(O)c1)NCc1cn(CCCCCCOc2c(-c3cc(O)c(O)c(O)c3)oc3c(O)cc(O)cc3c2=O)nn1. The van der Waals surface area contributed by atoms with Crippen LogP contribution in [0, 0.1) is 0 Å². The molecule has 5 rings (SSSR count). The summed E-state index contributed by atoms with van der Waals surface area (Å²) in [5.74, 6) is -4.34. The highest BCUT2D eigenvalue weighted by molar-refractivity contribution is 5.91. The van der Waals surface area contributed by atoms with Crippen LogP contribution in [0.1, 0.15) is 36.9 Å². The molecule has 0 aliphatic heterocycles. The first-order valence-electron chi connectivity index (χ1n) is 14.8. The van der Waals surface area contributed by atoms with Crippen molar-refractivity contribution in [1.29, 1.82) is 0 Å². The zero-order valence-electron chi connectivity index (χ0n) is 25.3. The number of phenols is 7. The summed E-state index contributed by atoms with van der Waals surface area (Å²) in [7, 11) is 0. The number of rotatable bonds is 13. The van der Waals surface area contributed by atoms with E-state index in [4.69, 9.17) is 9.15 Å². The zero-order valence-corrected chi connectivity index (χ0v) is 25.3. The standard InChI is InChI=1S/C33H32N4O11/c38-21-14-22-29(45)33(31(48-32(22)27(43)15-21)19-12-25(41)30(46)26(42)13-19)47-10-4-2-1-3-9-37-17-20(35-36-37)16-34-28(44)8-6-18-5-7-23(39)24(40)11-18/h5-8,11-15,17,38-43,46H,1-4,9-10,16H2,(H,34,44)/b8-6+. The van der Waals surface area contributed by atoms with Gasteiger partial charge in [-0.3, -0.25) is 14.3 Å². The number of aromatic nitrogens is 3. The summed E-state index contributed by atoms with van der Waals surface area (Å²) in [5.41, 5.74) is 0.171. The van der Waals surface area contributed by atoms with E-state index in [1.54, 1.807) is 16.9 Å². The number of unbranched alkanes of at least 4 members (excludes halogenated alkanes) is 3. The van der Waals surface area contributed by atoms with Gasteiger partial charge in [0.05, 0.1) is 24.7 Å². The summed E-state index contributed by atoms with van der Waals surface area (Å²) in [5, 5.41) is 79.5. The van der Waals surface area contributed by atoms with Crippen molar-refractivity contribution in [1.82, 2.24) is 20.3 Å². The van der Waals surface area contributed by atoms with Crippen LogP contribution in [-0.4, -0.2) is 63.3 Å². The second kappa shape index (κ2) is 14.4. The van der Waals surface area contributed by atoms with E-state index in [-0.39, 0.29) is 64.3 Å². The molecule has 8 N–H and O–H groups in total. The molecule has 0 unspecified atom stereocenters. The third-order valence-corrected chi connectivity index (χ3v) is 7.23. The monoisotopic (exact) mass is 660 g/mol. The molecule has 0 spiro atoms. The number of nitrogens with one attached hydrogen (secondary N) is 1. The highest BCUT2D eigenvalue weighted by Gasteiger charge is 2.22. The van der Waals surface area contributed by atoms with Gasteiger partial charge in [0.1, 0.15) is 11.4 Å². The molecule has 5 aromatic rings. The van der Waals surface area contributed by atoms with Gasteiger partial charge in [-0.25, -0.2) is 0 Å². The second-order valence-corrected chi connectivity index (χ2v) is 10.8. The number of carbonyl (C=O) groups excluding carboxylic acids is 1. The quantitative estimate of drug-likeness (QED) is 0.0507.